The third-order valence-electron chi connectivity index (χ3n) is 2.31. The second-order valence-corrected chi connectivity index (χ2v) is 3.59. The van der Waals surface area contributed by atoms with Crippen LogP contribution >= 0.6 is 0 Å². The molecule has 0 radical (unpaired) electrons. The quantitative estimate of drug-likeness (QED) is 0.766. The van der Waals surface area contributed by atoms with Gasteiger partial charge < -0.3 is 9.47 Å². The van der Waals surface area contributed by atoms with Crippen molar-refractivity contribution in [2.75, 3.05) is 0 Å². The molecule has 0 bridgehead atoms. The van der Waals surface area contributed by atoms with Crippen molar-refractivity contribution in [2.24, 2.45) is 0 Å². The largest absolute Gasteiger partial charge is 0.454 e. The highest BCUT2D eigenvalue weighted by Gasteiger charge is 2.38. The number of pyridine rings is 1. The van der Waals surface area contributed by atoms with Crippen molar-refractivity contribution in [3.05, 3.63) is 41.6 Å². The first-order valence-electron chi connectivity index (χ1n) is 4.93. The number of Topliss-reactive ketones (excluding diaryl/α,β-unsaturated/α-hetero) is 1. The maximum absolute atomic E-state index is 12.9. The van der Waals surface area contributed by atoms with Gasteiger partial charge in [0.25, 0.3) is 6.29 Å². The predicted molar refractivity (Wildman–Crippen MR) is 53.3 cm³/mol. The van der Waals surface area contributed by atoms with Crippen molar-refractivity contribution in [3.63, 3.8) is 0 Å². The van der Waals surface area contributed by atoms with Gasteiger partial charge in [-0.2, -0.15) is 13.2 Å². The third-order valence-corrected chi connectivity index (χ3v) is 2.31. The monoisotopic (exact) mass is 259 g/mol. The van der Waals surface area contributed by atoms with Crippen LogP contribution < -0.4 is 0 Å². The van der Waals surface area contributed by atoms with Gasteiger partial charge in [0.1, 0.15) is 18.2 Å². The van der Waals surface area contributed by atoms with Crippen LogP contribution in [0.4, 0.5) is 13.2 Å². The van der Waals surface area contributed by atoms with Crippen LogP contribution in [0.25, 0.3) is 0 Å². The lowest BCUT2D eigenvalue weighted by Gasteiger charge is -2.16. The Bertz CT molecular complexity index is 503. The van der Waals surface area contributed by atoms with E-state index < -0.39 is 29.5 Å². The fraction of sp³-hybridized carbons (Fsp3) is 0.273. The molecule has 2 rings (SSSR count). The number of halogens is 3. The Labute approximate surface area is 100 Å². The minimum absolute atomic E-state index is 0.114. The van der Waals surface area contributed by atoms with Crippen molar-refractivity contribution >= 4 is 5.78 Å². The first kappa shape index (κ1) is 12.4. The summed E-state index contributed by atoms with van der Waals surface area (Å²) in [5, 5.41) is 0. The Balaban J connectivity index is 2.48. The van der Waals surface area contributed by atoms with Crippen LogP contribution in [0.5, 0.6) is 0 Å². The van der Waals surface area contributed by atoms with Gasteiger partial charge in [0.15, 0.2) is 5.78 Å². The molecule has 1 aromatic heterocycles. The van der Waals surface area contributed by atoms with E-state index in [0.717, 1.165) is 24.8 Å². The SMILES string of the molecule is CC(=O)c1cnc(C2OC=CO2)c(C(F)(F)F)c1. The number of ketones is 1. The van der Waals surface area contributed by atoms with Gasteiger partial charge in [-0.15, -0.1) is 0 Å². The second kappa shape index (κ2) is 4.32. The van der Waals surface area contributed by atoms with Crippen molar-refractivity contribution in [1.82, 2.24) is 4.98 Å². The molecule has 1 aliphatic rings. The number of hydrogen-bond acceptors (Lipinski definition) is 4. The maximum atomic E-state index is 12.9. The summed E-state index contributed by atoms with van der Waals surface area (Å²) in [7, 11) is 0. The molecule has 0 saturated carbocycles. The molecule has 0 fully saturated rings. The molecule has 2 heterocycles. The Morgan fingerprint density at radius 1 is 1.33 bits per heavy atom. The predicted octanol–water partition coefficient (Wildman–Crippen LogP) is 2.82. The second-order valence-electron chi connectivity index (χ2n) is 3.59. The lowest BCUT2D eigenvalue weighted by atomic mass is 10.1. The van der Waals surface area contributed by atoms with Gasteiger partial charge in [0, 0.05) is 11.8 Å². The van der Waals surface area contributed by atoms with Gasteiger partial charge in [0.05, 0.1) is 5.56 Å². The summed E-state index contributed by atoms with van der Waals surface area (Å²) in [6.45, 7) is 1.17. The molecular weight excluding hydrogens is 251 g/mol. The van der Waals surface area contributed by atoms with Crippen LogP contribution in [-0.4, -0.2) is 10.8 Å². The highest BCUT2D eigenvalue weighted by Crippen LogP contribution is 2.36. The van der Waals surface area contributed by atoms with Crippen molar-refractivity contribution in [1.29, 1.82) is 0 Å². The average Bonchev–Trinajstić information content (AvgIpc) is 2.80. The van der Waals surface area contributed by atoms with E-state index in [2.05, 4.69) is 4.98 Å². The Kier molecular flexibility index (Phi) is 2.98. The molecule has 0 saturated heterocycles. The number of carbonyl (C=O) groups is 1. The number of rotatable bonds is 2. The molecule has 96 valence electrons. The topological polar surface area (TPSA) is 48.4 Å². The summed E-state index contributed by atoms with van der Waals surface area (Å²) in [6, 6.07) is 0.746. The van der Waals surface area contributed by atoms with Crippen LogP contribution in [0.15, 0.2) is 24.8 Å². The van der Waals surface area contributed by atoms with E-state index in [0.29, 0.717) is 0 Å². The Morgan fingerprint density at radius 2 is 1.94 bits per heavy atom. The van der Waals surface area contributed by atoms with E-state index in [-0.39, 0.29) is 5.56 Å². The molecule has 1 aliphatic heterocycles. The molecule has 0 amide bonds. The van der Waals surface area contributed by atoms with Gasteiger partial charge in [-0.1, -0.05) is 0 Å². The molecule has 1 aromatic rings. The number of ether oxygens (including phenoxy) is 2. The van der Waals surface area contributed by atoms with E-state index in [1.54, 1.807) is 0 Å². The minimum atomic E-state index is -4.64. The van der Waals surface area contributed by atoms with Crippen LogP contribution in [0.1, 0.15) is 34.8 Å². The average molecular weight is 259 g/mol. The van der Waals surface area contributed by atoms with Crippen LogP contribution in [0.2, 0.25) is 0 Å². The molecule has 0 N–H and O–H groups in total. The molecule has 18 heavy (non-hydrogen) atoms. The molecule has 4 nitrogen and oxygen atoms in total. The lowest BCUT2D eigenvalue weighted by molar-refractivity contribution is -0.142. The number of nitrogens with zero attached hydrogens (tertiary/aromatic N) is 1. The van der Waals surface area contributed by atoms with Crippen LogP contribution in [0, 0.1) is 0 Å². The Hall–Kier alpha value is -2.05. The summed E-state index contributed by atoms with van der Waals surface area (Å²) in [5.74, 6) is -0.495. The number of hydrogen-bond donors (Lipinski definition) is 0. The first-order valence-corrected chi connectivity index (χ1v) is 4.93. The normalized spacial score (nSPS) is 15.3. The summed E-state index contributed by atoms with van der Waals surface area (Å²) in [6.07, 6.45) is -2.54. The van der Waals surface area contributed by atoms with Gasteiger partial charge in [-0.3, -0.25) is 9.78 Å². The van der Waals surface area contributed by atoms with Crippen molar-refractivity contribution in [3.8, 4) is 0 Å². The van der Waals surface area contributed by atoms with E-state index in [4.69, 9.17) is 9.47 Å². The fourth-order valence-electron chi connectivity index (χ4n) is 1.45. The summed E-state index contributed by atoms with van der Waals surface area (Å²) < 4.78 is 48.2. The standard InChI is InChI=1S/C11H8F3NO3/c1-6(16)7-4-8(11(12,13)14)9(15-5-7)10-17-2-3-18-10/h2-5,10H,1H3. The van der Waals surface area contributed by atoms with E-state index in [9.17, 15) is 18.0 Å². The zero-order valence-electron chi connectivity index (χ0n) is 9.19. The van der Waals surface area contributed by atoms with Crippen molar-refractivity contribution < 1.29 is 27.4 Å². The van der Waals surface area contributed by atoms with Gasteiger partial charge in [-0.05, 0) is 13.0 Å². The highest BCUT2D eigenvalue weighted by molar-refractivity contribution is 5.93. The maximum Gasteiger partial charge on any atom is 0.418 e. The molecule has 7 heteroatoms. The smallest absolute Gasteiger partial charge is 0.418 e. The van der Waals surface area contributed by atoms with Crippen LogP contribution in [-0.2, 0) is 15.7 Å². The molecule has 0 aliphatic carbocycles. The van der Waals surface area contributed by atoms with E-state index in [1.165, 1.54) is 6.92 Å². The van der Waals surface area contributed by atoms with Crippen molar-refractivity contribution in [2.45, 2.75) is 19.4 Å². The Morgan fingerprint density at radius 3 is 2.44 bits per heavy atom. The summed E-state index contributed by atoms with van der Waals surface area (Å²) in [4.78, 5) is 14.7. The third kappa shape index (κ3) is 2.29. The molecular formula is C11H8F3NO3. The zero-order valence-corrected chi connectivity index (χ0v) is 9.19. The number of carbonyl (C=O) groups excluding carboxylic acids is 1. The lowest BCUT2D eigenvalue weighted by Crippen LogP contribution is -2.16. The van der Waals surface area contributed by atoms with Gasteiger partial charge in [-0.25, -0.2) is 0 Å². The van der Waals surface area contributed by atoms with Gasteiger partial charge in [0.2, 0.25) is 0 Å². The molecule has 0 unspecified atom stereocenters. The highest BCUT2D eigenvalue weighted by atomic mass is 19.4. The molecule has 0 spiro atoms. The number of aromatic nitrogens is 1. The fourth-order valence-corrected chi connectivity index (χ4v) is 1.45. The van der Waals surface area contributed by atoms with Crippen LogP contribution in [0.3, 0.4) is 0 Å². The molecule has 0 atom stereocenters. The van der Waals surface area contributed by atoms with E-state index in [1.807, 2.05) is 0 Å². The van der Waals surface area contributed by atoms with E-state index >= 15 is 0 Å². The summed E-state index contributed by atoms with van der Waals surface area (Å²) >= 11 is 0. The zero-order chi connectivity index (χ0) is 13.3. The number of alkyl halides is 3. The molecule has 0 aromatic carbocycles. The minimum Gasteiger partial charge on any atom is -0.454 e. The summed E-state index contributed by atoms with van der Waals surface area (Å²) in [5.41, 5.74) is -1.56. The van der Waals surface area contributed by atoms with Gasteiger partial charge >= 0.3 is 6.18 Å². The first-order chi connectivity index (χ1) is 8.39.